The Morgan fingerprint density at radius 1 is 1.23 bits per heavy atom. The smallest absolute Gasteiger partial charge is 0.261 e. The molecule has 2 aromatic heterocycles. The molecule has 2 N–H and O–H groups in total. The van der Waals surface area contributed by atoms with Gasteiger partial charge in [0, 0.05) is 25.6 Å². The van der Waals surface area contributed by atoms with E-state index in [-0.39, 0.29) is 5.91 Å². The molecule has 0 spiro atoms. The zero-order chi connectivity index (χ0) is 14.9. The van der Waals surface area contributed by atoms with Gasteiger partial charge >= 0.3 is 0 Å². The predicted octanol–water partition coefficient (Wildman–Crippen LogP) is 2.97. The van der Waals surface area contributed by atoms with Gasteiger partial charge in [-0.3, -0.25) is 4.79 Å². The molecule has 3 aromatic rings. The number of fused-ring (bicyclic) bond motifs is 1. The summed E-state index contributed by atoms with van der Waals surface area (Å²) in [5.41, 5.74) is 1.01. The van der Waals surface area contributed by atoms with E-state index >= 15 is 0 Å². The van der Waals surface area contributed by atoms with E-state index in [4.69, 9.17) is 0 Å². The van der Waals surface area contributed by atoms with Crippen molar-refractivity contribution in [2.45, 2.75) is 0 Å². The summed E-state index contributed by atoms with van der Waals surface area (Å²) in [6.07, 6.45) is 0. The molecule has 1 aliphatic rings. The van der Waals surface area contributed by atoms with E-state index in [9.17, 15) is 4.79 Å². The normalized spacial score (nSPS) is 14.9. The molecule has 6 heteroatoms. The fourth-order valence-electron chi connectivity index (χ4n) is 2.37. The highest BCUT2D eigenvalue weighted by atomic mass is 32.1. The number of rotatable bonds is 4. The van der Waals surface area contributed by atoms with Gasteiger partial charge in [-0.1, -0.05) is 12.1 Å². The third-order valence-corrected chi connectivity index (χ3v) is 6.04. The summed E-state index contributed by atoms with van der Waals surface area (Å²) in [5.74, 6) is 0.594. The first-order chi connectivity index (χ1) is 10.8. The largest absolute Gasteiger partial charge is 0.351 e. The van der Waals surface area contributed by atoms with Crippen LogP contribution in [0.2, 0.25) is 0 Å². The highest BCUT2D eigenvalue weighted by Crippen LogP contribution is 2.34. The van der Waals surface area contributed by atoms with Gasteiger partial charge in [-0.2, -0.15) is 0 Å². The number of hydrogen-bond acceptors (Lipinski definition) is 5. The van der Waals surface area contributed by atoms with Gasteiger partial charge in [0.2, 0.25) is 0 Å². The number of thiophene rings is 1. The summed E-state index contributed by atoms with van der Waals surface area (Å²) in [7, 11) is 0. The summed E-state index contributed by atoms with van der Waals surface area (Å²) >= 11 is 3.17. The van der Waals surface area contributed by atoms with Crippen LogP contribution in [0.1, 0.15) is 9.67 Å². The third-order valence-electron chi connectivity index (χ3n) is 3.75. The maximum atomic E-state index is 12.2. The van der Waals surface area contributed by atoms with Crippen LogP contribution < -0.4 is 10.6 Å². The van der Waals surface area contributed by atoms with E-state index < -0.39 is 0 Å². The second kappa shape index (κ2) is 5.79. The van der Waals surface area contributed by atoms with Crippen LogP contribution in [0.3, 0.4) is 0 Å². The third kappa shape index (κ3) is 2.65. The van der Waals surface area contributed by atoms with Crippen molar-refractivity contribution >= 4 is 38.8 Å². The molecule has 4 rings (SSSR count). The Balaban J connectivity index is 1.51. The van der Waals surface area contributed by atoms with Gasteiger partial charge in [-0.25, -0.2) is 4.98 Å². The molecule has 0 aliphatic carbocycles. The number of carbonyl (C=O) groups excluding carboxylic acids is 1. The summed E-state index contributed by atoms with van der Waals surface area (Å²) in [4.78, 5) is 18.6. The Hall–Kier alpha value is -1.76. The quantitative estimate of drug-likeness (QED) is 0.774. The van der Waals surface area contributed by atoms with Gasteiger partial charge in [0.05, 0.1) is 20.0 Å². The summed E-state index contributed by atoms with van der Waals surface area (Å²) in [5, 5.41) is 7.19. The van der Waals surface area contributed by atoms with Crippen LogP contribution in [0, 0.1) is 5.92 Å². The molecular formula is C16H15N3OS2. The Bertz CT molecular complexity index is 787. The Morgan fingerprint density at radius 2 is 2.09 bits per heavy atom. The predicted molar refractivity (Wildman–Crippen MR) is 91.6 cm³/mol. The number of carbonyl (C=O) groups is 1. The van der Waals surface area contributed by atoms with Crippen molar-refractivity contribution in [1.29, 1.82) is 0 Å². The zero-order valence-corrected chi connectivity index (χ0v) is 13.5. The van der Waals surface area contributed by atoms with E-state index in [0.717, 1.165) is 39.9 Å². The lowest BCUT2D eigenvalue weighted by Crippen LogP contribution is -2.48. The fraction of sp³-hybridized carbons (Fsp3) is 0.250. The van der Waals surface area contributed by atoms with Gasteiger partial charge in [0.15, 0.2) is 0 Å². The molecule has 4 nitrogen and oxygen atoms in total. The molecule has 1 saturated heterocycles. The lowest BCUT2D eigenvalue weighted by molar-refractivity contribution is 0.0946. The average Bonchev–Trinajstić information content (AvgIpc) is 3.12. The number of para-hydroxylation sites is 1. The molecule has 1 fully saturated rings. The lowest BCUT2D eigenvalue weighted by atomic mass is 10.0. The molecule has 1 amide bonds. The van der Waals surface area contributed by atoms with Crippen LogP contribution in [-0.2, 0) is 0 Å². The van der Waals surface area contributed by atoms with E-state index in [0.29, 0.717) is 5.92 Å². The van der Waals surface area contributed by atoms with Gasteiger partial charge < -0.3 is 10.6 Å². The molecule has 0 bridgehead atoms. The minimum Gasteiger partial charge on any atom is -0.351 e. The fourth-order valence-corrected chi connectivity index (χ4v) is 4.31. The monoisotopic (exact) mass is 329 g/mol. The number of thiazole rings is 1. The Morgan fingerprint density at radius 3 is 2.86 bits per heavy atom. The first kappa shape index (κ1) is 13.9. The lowest BCUT2D eigenvalue weighted by Gasteiger charge is -2.26. The van der Waals surface area contributed by atoms with Crippen molar-refractivity contribution in [1.82, 2.24) is 15.6 Å². The summed E-state index contributed by atoms with van der Waals surface area (Å²) in [6.45, 7) is 2.75. The number of amides is 1. The van der Waals surface area contributed by atoms with Gasteiger partial charge in [-0.05, 0) is 24.3 Å². The van der Waals surface area contributed by atoms with Crippen molar-refractivity contribution in [3.05, 3.63) is 41.3 Å². The number of nitrogens with zero attached hydrogens (tertiary/aromatic N) is 1. The number of nitrogens with one attached hydrogen (secondary N) is 2. The molecule has 22 heavy (non-hydrogen) atoms. The molecule has 1 aliphatic heterocycles. The average molecular weight is 329 g/mol. The second-order valence-corrected chi connectivity index (χ2v) is 7.50. The number of benzene rings is 1. The van der Waals surface area contributed by atoms with Crippen LogP contribution in [0.15, 0.2) is 36.4 Å². The Labute approximate surface area is 136 Å². The topological polar surface area (TPSA) is 54.0 Å². The molecule has 0 saturated carbocycles. The molecule has 112 valence electrons. The van der Waals surface area contributed by atoms with Gasteiger partial charge in [-0.15, -0.1) is 22.7 Å². The van der Waals surface area contributed by atoms with Gasteiger partial charge in [0.25, 0.3) is 5.91 Å². The molecule has 1 aromatic carbocycles. The minimum absolute atomic E-state index is 0.0178. The van der Waals surface area contributed by atoms with E-state index in [1.54, 1.807) is 11.3 Å². The first-order valence-corrected chi connectivity index (χ1v) is 8.87. The van der Waals surface area contributed by atoms with Crippen molar-refractivity contribution in [2.24, 2.45) is 5.92 Å². The maximum absolute atomic E-state index is 12.2. The molecular weight excluding hydrogens is 314 g/mol. The van der Waals surface area contributed by atoms with E-state index in [2.05, 4.69) is 21.7 Å². The Kier molecular flexibility index (Phi) is 3.65. The van der Waals surface area contributed by atoms with Crippen molar-refractivity contribution in [3.8, 4) is 9.88 Å². The molecule has 0 atom stereocenters. The zero-order valence-electron chi connectivity index (χ0n) is 11.8. The van der Waals surface area contributed by atoms with Crippen molar-refractivity contribution in [3.63, 3.8) is 0 Å². The second-order valence-electron chi connectivity index (χ2n) is 5.38. The van der Waals surface area contributed by atoms with Crippen molar-refractivity contribution in [2.75, 3.05) is 19.6 Å². The maximum Gasteiger partial charge on any atom is 0.261 e. The van der Waals surface area contributed by atoms with Crippen LogP contribution in [0.25, 0.3) is 20.1 Å². The van der Waals surface area contributed by atoms with Crippen LogP contribution in [0.5, 0.6) is 0 Å². The van der Waals surface area contributed by atoms with Crippen LogP contribution in [-0.4, -0.2) is 30.5 Å². The minimum atomic E-state index is 0.0178. The highest BCUT2D eigenvalue weighted by Gasteiger charge is 2.18. The molecule has 0 unspecified atom stereocenters. The summed E-state index contributed by atoms with van der Waals surface area (Å²) < 4.78 is 1.18. The first-order valence-electron chi connectivity index (χ1n) is 7.24. The van der Waals surface area contributed by atoms with Gasteiger partial charge in [0.1, 0.15) is 5.01 Å². The van der Waals surface area contributed by atoms with Crippen LogP contribution in [0.4, 0.5) is 0 Å². The van der Waals surface area contributed by atoms with E-state index in [1.807, 2.05) is 30.3 Å². The van der Waals surface area contributed by atoms with E-state index in [1.165, 1.54) is 16.0 Å². The van der Waals surface area contributed by atoms with Crippen molar-refractivity contribution < 1.29 is 4.79 Å². The summed E-state index contributed by atoms with van der Waals surface area (Å²) in [6, 6.07) is 12.0. The molecule has 0 radical (unpaired) electrons. The number of hydrogen-bond donors (Lipinski definition) is 2. The number of aromatic nitrogens is 1. The highest BCUT2D eigenvalue weighted by molar-refractivity contribution is 7.26. The molecule has 3 heterocycles. The standard InChI is InChI=1S/C16H15N3OS2/c20-15(18-9-10-7-17-8-10)13-5-6-14(21-13)16-19-11-3-1-2-4-12(11)22-16/h1-6,10,17H,7-9H2,(H,18,20). The van der Waals surface area contributed by atoms with Crippen LogP contribution >= 0.6 is 22.7 Å². The SMILES string of the molecule is O=C(NCC1CNC1)c1ccc(-c2nc3ccccc3s2)s1.